The normalized spacial score (nSPS) is 10.0. The van der Waals surface area contributed by atoms with E-state index in [1.807, 2.05) is 0 Å². The van der Waals surface area contributed by atoms with Gasteiger partial charge in [-0.05, 0) is 19.0 Å². The lowest BCUT2D eigenvalue weighted by molar-refractivity contribution is 0.251. The van der Waals surface area contributed by atoms with Crippen LogP contribution in [0.1, 0.15) is 0 Å². The third-order valence-corrected chi connectivity index (χ3v) is 0.621. The summed E-state index contributed by atoms with van der Waals surface area (Å²) in [4.78, 5) is 0. The van der Waals surface area contributed by atoms with Crippen molar-refractivity contribution < 1.29 is 8.78 Å². The Morgan fingerprint density at radius 1 is 1.67 bits per heavy atom. The molecule has 0 heterocycles. The summed E-state index contributed by atoms with van der Waals surface area (Å²) >= 11 is 0.403. The molecule has 0 bridgehead atoms. The van der Waals surface area contributed by atoms with E-state index in [2.05, 4.69) is 4.72 Å². The molecular weight excluding hydrogens is 108 g/mol. The monoisotopic (exact) mass is 113 g/mol. The first-order chi connectivity index (χ1) is 2.77. The van der Waals surface area contributed by atoms with E-state index in [0.717, 1.165) is 0 Å². The van der Waals surface area contributed by atoms with Gasteiger partial charge in [0.05, 0.1) is 0 Å². The number of hydrogen-bond acceptors (Lipinski definition) is 2. The molecule has 0 saturated carbocycles. The molecule has 4 heteroatoms. The Bertz CT molecular complexity index is 32.7. The van der Waals surface area contributed by atoms with Crippen LogP contribution >= 0.6 is 11.9 Å². The van der Waals surface area contributed by atoms with Crippen LogP contribution < -0.4 is 4.72 Å². The number of nitrogens with one attached hydrogen (secondary N) is 1. The summed E-state index contributed by atoms with van der Waals surface area (Å²) in [6.07, 6.45) is 0. The van der Waals surface area contributed by atoms with Crippen LogP contribution in [-0.4, -0.2) is 12.8 Å². The lowest BCUT2D eigenvalue weighted by atomic mass is 11.6. The number of alkyl halides is 2. The van der Waals surface area contributed by atoms with Crippen molar-refractivity contribution in [2.75, 3.05) is 7.05 Å². The predicted molar refractivity (Wildman–Crippen MR) is 22.7 cm³/mol. The summed E-state index contributed by atoms with van der Waals surface area (Å²) in [5.41, 5.74) is 0. The quantitative estimate of drug-likeness (QED) is 0.538. The van der Waals surface area contributed by atoms with Gasteiger partial charge in [0, 0.05) is 0 Å². The summed E-state index contributed by atoms with van der Waals surface area (Å²) in [5.74, 6) is -2.30. The standard InChI is InChI=1S/C2H5F2NS/c1-5-6-2(3)4/h2,5H,1H3. The Hall–Kier alpha value is 0.170. The molecule has 0 rings (SSSR count). The van der Waals surface area contributed by atoms with Gasteiger partial charge in [-0.15, -0.1) is 0 Å². The smallest absolute Gasteiger partial charge is 0.262 e. The van der Waals surface area contributed by atoms with Crippen molar-refractivity contribution in [1.82, 2.24) is 4.72 Å². The zero-order valence-corrected chi connectivity index (χ0v) is 4.06. The number of halogens is 2. The molecule has 0 aliphatic rings. The molecule has 0 aromatic heterocycles. The lowest BCUT2D eigenvalue weighted by Crippen LogP contribution is -1.95. The maximum atomic E-state index is 10.9. The Morgan fingerprint density at radius 3 is 2.17 bits per heavy atom. The average molecular weight is 113 g/mol. The highest BCUT2D eigenvalue weighted by atomic mass is 32.2. The third kappa shape index (κ3) is 4.17. The molecule has 0 radical (unpaired) electrons. The van der Waals surface area contributed by atoms with Crippen LogP contribution in [0.15, 0.2) is 0 Å². The molecule has 38 valence electrons. The molecule has 0 fully saturated rings. The minimum atomic E-state index is -2.30. The Kier molecular flexibility index (Phi) is 3.46. The van der Waals surface area contributed by atoms with E-state index < -0.39 is 5.76 Å². The van der Waals surface area contributed by atoms with E-state index in [1.165, 1.54) is 7.05 Å². The van der Waals surface area contributed by atoms with E-state index in [0.29, 0.717) is 11.9 Å². The summed E-state index contributed by atoms with van der Waals surface area (Å²) in [5, 5.41) is 0. The minimum absolute atomic E-state index is 0.403. The van der Waals surface area contributed by atoms with Crippen molar-refractivity contribution in [3.8, 4) is 0 Å². The highest BCUT2D eigenvalue weighted by Gasteiger charge is 1.96. The molecule has 0 aliphatic carbocycles. The molecule has 0 aromatic carbocycles. The molecule has 0 unspecified atom stereocenters. The van der Waals surface area contributed by atoms with E-state index in [1.54, 1.807) is 0 Å². The van der Waals surface area contributed by atoms with Crippen LogP contribution in [0.25, 0.3) is 0 Å². The van der Waals surface area contributed by atoms with Gasteiger partial charge in [-0.2, -0.15) is 8.78 Å². The van der Waals surface area contributed by atoms with Crippen LogP contribution in [0.3, 0.4) is 0 Å². The summed E-state index contributed by atoms with van der Waals surface area (Å²) in [6, 6.07) is 0. The van der Waals surface area contributed by atoms with Crippen molar-refractivity contribution in [2.45, 2.75) is 5.76 Å². The highest BCUT2D eigenvalue weighted by molar-refractivity contribution is 7.97. The fourth-order valence-corrected chi connectivity index (χ4v) is 0.267. The van der Waals surface area contributed by atoms with Crippen molar-refractivity contribution >= 4 is 11.9 Å². The van der Waals surface area contributed by atoms with Gasteiger partial charge in [0.15, 0.2) is 0 Å². The van der Waals surface area contributed by atoms with Gasteiger partial charge in [0.2, 0.25) is 0 Å². The zero-order chi connectivity index (χ0) is 4.99. The number of rotatable bonds is 2. The van der Waals surface area contributed by atoms with Crippen LogP contribution in [-0.2, 0) is 0 Å². The van der Waals surface area contributed by atoms with Crippen LogP contribution in [0.2, 0.25) is 0 Å². The molecule has 1 N–H and O–H groups in total. The molecule has 0 aromatic rings. The Labute approximate surface area is 39.2 Å². The summed E-state index contributed by atoms with van der Waals surface area (Å²) in [7, 11) is 1.46. The Morgan fingerprint density at radius 2 is 2.17 bits per heavy atom. The topological polar surface area (TPSA) is 12.0 Å². The van der Waals surface area contributed by atoms with Crippen molar-refractivity contribution in [3.63, 3.8) is 0 Å². The highest BCUT2D eigenvalue weighted by Crippen LogP contribution is 2.05. The fraction of sp³-hybridized carbons (Fsp3) is 1.00. The molecule has 0 amide bonds. The second-order valence-electron chi connectivity index (χ2n) is 0.583. The molecule has 0 spiro atoms. The van der Waals surface area contributed by atoms with Crippen LogP contribution in [0.4, 0.5) is 8.78 Å². The first-order valence-corrected chi connectivity index (χ1v) is 2.26. The van der Waals surface area contributed by atoms with E-state index in [-0.39, 0.29) is 0 Å². The van der Waals surface area contributed by atoms with Gasteiger partial charge >= 0.3 is 0 Å². The molecule has 1 nitrogen and oxygen atoms in total. The Balaban J connectivity index is 2.63. The SMILES string of the molecule is CNSC(F)F. The van der Waals surface area contributed by atoms with E-state index >= 15 is 0 Å². The summed E-state index contributed by atoms with van der Waals surface area (Å²) in [6.45, 7) is 0. The zero-order valence-electron chi connectivity index (χ0n) is 3.24. The molecule has 0 atom stereocenters. The van der Waals surface area contributed by atoms with Crippen LogP contribution in [0.5, 0.6) is 0 Å². The van der Waals surface area contributed by atoms with Gasteiger partial charge in [-0.3, -0.25) is 4.72 Å². The second kappa shape index (κ2) is 3.36. The largest absolute Gasteiger partial charge is 0.297 e. The van der Waals surface area contributed by atoms with Gasteiger partial charge in [0.25, 0.3) is 5.76 Å². The first-order valence-electron chi connectivity index (χ1n) is 1.38. The van der Waals surface area contributed by atoms with Gasteiger partial charge in [-0.25, -0.2) is 0 Å². The van der Waals surface area contributed by atoms with E-state index in [4.69, 9.17) is 0 Å². The molecule has 6 heavy (non-hydrogen) atoms. The van der Waals surface area contributed by atoms with Gasteiger partial charge in [0.1, 0.15) is 0 Å². The van der Waals surface area contributed by atoms with Gasteiger partial charge < -0.3 is 0 Å². The van der Waals surface area contributed by atoms with Gasteiger partial charge in [-0.1, -0.05) is 0 Å². The average Bonchev–Trinajstić information content (AvgIpc) is 1.35. The molecular formula is C2H5F2NS. The van der Waals surface area contributed by atoms with Crippen molar-refractivity contribution in [3.05, 3.63) is 0 Å². The van der Waals surface area contributed by atoms with Crippen molar-refractivity contribution in [2.24, 2.45) is 0 Å². The maximum absolute atomic E-state index is 10.9. The maximum Gasteiger partial charge on any atom is 0.297 e. The second-order valence-corrected chi connectivity index (χ2v) is 1.58. The first kappa shape index (κ1) is 6.17. The summed E-state index contributed by atoms with van der Waals surface area (Å²) < 4.78 is 24.1. The lowest BCUT2D eigenvalue weighted by Gasteiger charge is -1.90. The minimum Gasteiger partial charge on any atom is -0.262 e. The molecule has 0 aliphatic heterocycles. The number of hydrogen-bond donors (Lipinski definition) is 1. The van der Waals surface area contributed by atoms with E-state index in [9.17, 15) is 8.78 Å². The fourth-order valence-electron chi connectivity index (χ4n) is 0.0891. The third-order valence-electron chi connectivity index (χ3n) is 0.207. The molecule has 0 saturated heterocycles. The van der Waals surface area contributed by atoms with Crippen molar-refractivity contribution in [1.29, 1.82) is 0 Å². The predicted octanol–water partition coefficient (Wildman–Crippen LogP) is 1.08. The van der Waals surface area contributed by atoms with Crippen LogP contribution in [0, 0.1) is 0 Å².